The number of nitrogens with zero attached hydrogens (tertiary/aromatic N) is 1. The van der Waals surface area contributed by atoms with Gasteiger partial charge in [-0.15, -0.1) is 11.3 Å². The second kappa shape index (κ2) is 5.83. The van der Waals surface area contributed by atoms with Crippen LogP contribution in [0, 0.1) is 11.3 Å². The van der Waals surface area contributed by atoms with Crippen LogP contribution in [0.2, 0.25) is 5.02 Å². The van der Waals surface area contributed by atoms with Gasteiger partial charge in [-0.25, -0.2) is 0 Å². The van der Waals surface area contributed by atoms with Crippen LogP contribution in [0.5, 0.6) is 0 Å². The van der Waals surface area contributed by atoms with E-state index in [0.717, 1.165) is 12.1 Å². The summed E-state index contributed by atoms with van der Waals surface area (Å²) in [5.41, 5.74) is 1.61. The Kier molecular flexibility index (Phi) is 4.16. The highest BCUT2D eigenvalue weighted by molar-refractivity contribution is 7.09. The van der Waals surface area contributed by atoms with Crippen molar-refractivity contribution in [3.63, 3.8) is 0 Å². The van der Waals surface area contributed by atoms with E-state index >= 15 is 0 Å². The third-order valence-electron chi connectivity index (χ3n) is 2.38. The molecule has 0 saturated carbocycles. The molecule has 2 rings (SSSR count). The summed E-state index contributed by atoms with van der Waals surface area (Å²) in [7, 11) is 0. The summed E-state index contributed by atoms with van der Waals surface area (Å²) in [6, 6.07) is 11.6. The molecule has 0 radical (unpaired) electrons. The summed E-state index contributed by atoms with van der Waals surface area (Å²) in [5, 5.41) is 14.8. The summed E-state index contributed by atoms with van der Waals surface area (Å²) >= 11 is 7.81. The van der Waals surface area contributed by atoms with Crippen LogP contribution in [0.15, 0.2) is 35.7 Å². The molecule has 0 aliphatic rings. The monoisotopic (exact) mass is 262 g/mol. The lowest BCUT2D eigenvalue weighted by molar-refractivity contribution is 0.701. The maximum Gasteiger partial charge on any atom is 0.0992 e. The Morgan fingerprint density at radius 1 is 1.29 bits per heavy atom. The molecule has 0 fully saturated rings. The Balaban J connectivity index is 1.93. The molecule has 0 unspecified atom stereocenters. The highest BCUT2D eigenvalue weighted by Crippen LogP contribution is 2.17. The molecule has 1 heterocycles. The third kappa shape index (κ3) is 3.31. The van der Waals surface area contributed by atoms with Gasteiger partial charge in [0, 0.05) is 23.0 Å². The Hall–Kier alpha value is -1.34. The van der Waals surface area contributed by atoms with Crippen molar-refractivity contribution in [2.75, 3.05) is 0 Å². The van der Waals surface area contributed by atoms with E-state index in [0.29, 0.717) is 17.1 Å². The summed E-state index contributed by atoms with van der Waals surface area (Å²) < 4.78 is 0. The van der Waals surface area contributed by atoms with Gasteiger partial charge in [0.05, 0.1) is 11.6 Å². The molecule has 0 spiro atoms. The zero-order chi connectivity index (χ0) is 12.1. The van der Waals surface area contributed by atoms with Crippen LogP contribution in [-0.2, 0) is 13.1 Å². The number of nitriles is 1. The van der Waals surface area contributed by atoms with Gasteiger partial charge in [0.25, 0.3) is 0 Å². The van der Waals surface area contributed by atoms with E-state index in [-0.39, 0.29) is 0 Å². The van der Waals surface area contributed by atoms with Gasteiger partial charge in [-0.2, -0.15) is 5.26 Å². The summed E-state index contributed by atoms with van der Waals surface area (Å²) in [5.74, 6) is 0. The fourth-order valence-corrected chi connectivity index (χ4v) is 2.42. The predicted octanol–water partition coefficient (Wildman–Crippen LogP) is 3.56. The molecular weight excluding hydrogens is 252 g/mol. The van der Waals surface area contributed by atoms with Gasteiger partial charge in [-0.05, 0) is 29.1 Å². The first-order chi connectivity index (χ1) is 8.29. The largest absolute Gasteiger partial charge is 0.308 e. The van der Waals surface area contributed by atoms with Gasteiger partial charge < -0.3 is 5.32 Å². The molecule has 86 valence electrons. The van der Waals surface area contributed by atoms with Gasteiger partial charge in [-0.1, -0.05) is 23.7 Å². The molecular formula is C13H11ClN2S. The Morgan fingerprint density at radius 3 is 2.82 bits per heavy atom. The van der Waals surface area contributed by atoms with Crippen molar-refractivity contribution in [3.8, 4) is 6.07 Å². The standard InChI is InChI=1S/C13H11ClN2S/c14-13-6-10(7-15)3-4-11(13)8-16-9-12-2-1-5-17-12/h1-6,16H,8-9H2. The molecule has 1 aromatic heterocycles. The normalized spacial score (nSPS) is 10.1. The minimum Gasteiger partial charge on any atom is -0.308 e. The molecule has 1 aromatic carbocycles. The predicted molar refractivity (Wildman–Crippen MR) is 71.0 cm³/mol. The van der Waals surface area contributed by atoms with Crippen LogP contribution >= 0.6 is 22.9 Å². The van der Waals surface area contributed by atoms with Crippen LogP contribution in [0.3, 0.4) is 0 Å². The Bertz CT molecular complexity index is 529. The number of thiophene rings is 1. The number of hydrogen-bond acceptors (Lipinski definition) is 3. The molecule has 0 aliphatic heterocycles. The lowest BCUT2D eigenvalue weighted by Crippen LogP contribution is -2.12. The van der Waals surface area contributed by atoms with E-state index < -0.39 is 0 Å². The summed E-state index contributed by atoms with van der Waals surface area (Å²) in [6.45, 7) is 1.55. The molecule has 4 heteroatoms. The Labute approximate surface area is 109 Å². The maximum absolute atomic E-state index is 8.73. The van der Waals surface area contributed by atoms with Gasteiger partial charge in [0.1, 0.15) is 0 Å². The van der Waals surface area contributed by atoms with E-state index in [4.69, 9.17) is 16.9 Å². The number of nitrogens with one attached hydrogen (secondary N) is 1. The first-order valence-corrected chi connectivity index (χ1v) is 6.47. The van der Waals surface area contributed by atoms with Crippen LogP contribution in [-0.4, -0.2) is 0 Å². The van der Waals surface area contributed by atoms with Crippen molar-refractivity contribution in [3.05, 3.63) is 56.7 Å². The summed E-state index contributed by atoms with van der Waals surface area (Å²) in [6.07, 6.45) is 0. The summed E-state index contributed by atoms with van der Waals surface area (Å²) in [4.78, 5) is 1.30. The van der Waals surface area contributed by atoms with Crippen LogP contribution in [0.25, 0.3) is 0 Å². The van der Waals surface area contributed by atoms with Crippen LogP contribution in [0.1, 0.15) is 16.0 Å². The van der Waals surface area contributed by atoms with E-state index in [9.17, 15) is 0 Å². The second-order valence-corrected chi connectivity index (χ2v) is 5.04. The van der Waals surface area contributed by atoms with Crippen molar-refractivity contribution in [1.29, 1.82) is 5.26 Å². The molecule has 0 atom stereocenters. The number of rotatable bonds is 4. The molecule has 0 saturated heterocycles. The lowest BCUT2D eigenvalue weighted by atomic mass is 10.1. The van der Waals surface area contributed by atoms with Gasteiger partial charge in [0.15, 0.2) is 0 Å². The molecule has 17 heavy (non-hydrogen) atoms. The number of benzene rings is 1. The van der Waals surface area contributed by atoms with Crippen molar-refractivity contribution in [2.24, 2.45) is 0 Å². The van der Waals surface area contributed by atoms with Crippen molar-refractivity contribution >= 4 is 22.9 Å². The highest BCUT2D eigenvalue weighted by Gasteiger charge is 2.01. The maximum atomic E-state index is 8.73. The zero-order valence-corrected chi connectivity index (χ0v) is 10.7. The van der Waals surface area contributed by atoms with Crippen molar-refractivity contribution < 1.29 is 0 Å². The fraction of sp³-hybridized carbons (Fsp3) is 0.154. The number of hydrogen-bond donors (Lipinski definition) is 1. The molecule has 2 nitrogen and oxygen atoms in total. The van der Waals surface area contributed by atoms with Gasteiger partial charge in [0.2, 0.25) is 0 Å². The van der Waals surface area contributed by atoms with Gasteiger partial charge >= 0.3 is 0 Å². The Morgan fingerprint density at radius 2 is 2.18 bits per heavy atom. The van der Waals surface area contributed by atoms with Crippen LogP contribution < -0.4 is 5.32 Å². The van der Waals surface area contributed by atoms with Crippen LogP contribution in [0.4, 0.5) is 0 Å². The first kappa shape index (κ1) is 12.1. The average Bonchev–Trinajstić information content (AvgIpc) is 2.84. The van der Waals surface area contributed by atoms with Crippen molar-refractivity contribution in [1.82, 2.24) is 5.32 Å². The van der Waals surface area contributed by atoms with E-state index in [1.165, 1.54) is 4.88 Å². The third-order valence-corrected chi connectivity index (χ3v) is 3.61. The minimum atomic E-state index is 0.594. The minimum absolute atomic E-state index is 0.594. The first-order valence-electron chi connectivity index (χ1n) is 5.21. The van der Waals surface area contributed by atoms with Gasteiger partial charge in [-0.3, -0.25) is 0 Å². The quantitative estimate of drug-likeness (QED) is 0.915. The van der Waals surface area contributed by atoms with Crippen molar-refractivity contribution in [2.45, 2.75) is 13.1 Å². The highest BCUT2D eigenvalue weighted by atomic mass is 35.5. The molecule has 0 bridgehead atoms. The zero-order valence-electron chi connectivity index (χ0n) is 9.11. The fourth-order valence-electron chi connectivity index (χ4n) is 1.49. The second-order valence-electron chi connectivity index (χ2n) is 3.60. The van der Waals surface area contributed by atoms with E-state index in [1.54, 1.807) is 23.5 Å². The SMILES string of the molecule is N#Cc1ccc(CNCc2cccs2)c(Cl)c1. The van der Waals surface area contributed by atoms with E-state index in [1.807, 2.05) is 12.1 Å². The topological polar surface area (TPSA) is 35.8 Å². The number of halogens is 1. The molecule has 1 N–H and O–H groups in total. The van der Waals surface area contributed by atoms with E-state index in [2.05, 4.69) is 22.8 Å². The molecule has 0 amide bonds. The lowest BCUT2D eigenvalue weighted by Gasteiger charge is -2.05. The average molecular weight is 263 g/mol. The molecule has 2 aromatic rings. The molecule has 0 aliphatic carbocycles. The smallest absolute Gasteiger partial charge is 0.0992 e.